The number of likely N-dealkylation sites (tertiary alicyclic amines) is 1. The fourth-order valence-corrected chi connectivity index (χ4v) is 4.09. The number of ether oxygens (including phenoxy) is 3. The number of hydrogen-bond donors (Lipinski definition) is 2. The SMILES string of the molecule is COc1ccc(CN2CCCC3(CC(Oc4cccnc4)CO3)C2)cc1.O=C(O)C(F)(F)F.O=C(O)C(F)(F)F. The predicted octanol–water partition coefficient (Wildman–Crippen LogP) is 4.56. The first-order chi connectivity index (χ1) is 18.6. The summed E-state index contributed by atoms with van der Waals surface area (Å²) in [5.41, 5.74) is 1.24. The summed E-state index contributed by atoms with van der Waals surface area (Å²) in [4.78, 5) is 24.4. The molecule has 2 aliphatic rings. The van der Waals surface area contributed by atoms with Crippen molar-refractivity contribution in [3.63, 3.8) is 0 Å². The lowest BCUT2D eigenvalue weighted by Gasteiger charge is -2.39. The summed E-state index contributed by atoms with van der Waals surface area (Å²) in [7, 11) is 1.70. The Morgan fingerprint density at radius 2 is 1.65 bits per heavy atom. The van der Waals surface area contributed by atoms with Crippen molar-refractivity contribution in [1.82, 2.24) is 9.88 Å². The van der Waals surface area contributed by atoms with Crippen LogP contribution in [0, 0.1) is 0 Å². The second-order valence-corrected chi connectivity index (χ2v) is 8.89. The number of methoxy groups -OCH3 is 1. The molecule has 2 saturated heterocycles. The van der Waals surface area contributed by atoms with Gasteiger partial charge in [-0.05, 0) is 49.2 Å². The smallest absolute Gasteiger partial charge is 0.490 e. The number of alkyl halides is 6. The van der Waals surface area contributed by atoms with Crippen molar-refractivity contribution >= 4 is 11.9 Å². The number of hydrogen-bond acceptors (Lipinski definition) is 7. The molecule has 2 atom stereocenters. The molecule has 2 aromatic rings. The van der Waals surface area contributed by atoms with E-state index in [1.165, 1.54) is 5.56 Å². The van der Waals surface area contributed by atoms with Crippen LogP contribution < -0.4 is 9.47 Å². The normalized spacial score (nSPS) is 20.9. The van der Waals surface area contributed by atoms with Gasteiger partial charge in [-0.15, -0.1) is 0 Å². The lowest BCUT2D eigenvalue weighted by Crippen LogP contribution is -2.47. The van der Waals surface area contributed by atoms with E-state index in [0.717, 1.165) is 50.4 Å². The quantitative estimate of drug-likeness (QED) is 0.489. The molecule has 0 radical (unpaired) electrons. The molecule has 222 valence electrons. The number of nitrogens with zero attached hydrogens (tertiary/aromatic N) is 2. The number of rotatable bonds is 5. The lowest BCUT2D eigenvalue weighted by molar-refractivity contribution is -0.193. The van der Waals surface area contributed by atoms with Crippen molar-refractivity contribution in [2.24, 2.45) is 0 Å². The molecule has 2 fully saturated rings. The fraction of sp³-hybridized carbons (Fsp3) is 0.480. The Morgan fingerprint density at radius 1 is 1.05 bits per heavy atom. The molecule has 0 aliphatic carbocycles. The number of benzene rings is 1. The predicted molar refractivity (Wildman–Crippen MR) is 127 cm³/mol. The zero-order chi connectivity index (χ0) is 30.0. The molecule has 0 saturated carbocycles. The van der Waals surface area contributed by atoms with Crippen LogP contribution in [0.3, 0.4) is 0 Å². The summed E-state index contributed by atoms with van der Waals surface area (Å²) in [5.74, 6) is -3.79. The van der Waals surface area contributed by atoms with Crippen molar-refractivity contribution in [2.75, 3.05) is 26.8 Å². The third-order valence-electron chi connectivity index (χ3n) is 5.78. The van der Waals surface area contributed by atoms with Gasteiger partial charge in [0.1, 0.15) is 17.6 Å². The standard InChI is InChI=1S/C21H26N2O3.2C2HF3O2/c1-24-18-7-5-17(6-8-18)14-23-11-3-9-21(16-23)12-20(15-25-21)26-19-4-2-10-22-13-19;2*3-2(4,5)1(6)7/h2,4-8,10,13,20H,3,9,11-12,14-16H2,1H3;2*(H,6,7). The molecule has 1 spiro atoms. The summed E-state index contributed by atoms with van der Waals surface area (Å²) >= 11 is 0. The molecular weight excluding hydrogens is 554 g/mol. The van der Waals surface area contributed by atoms with E-state index in [1.807, 2.05) is 24.3 Å². The van der Waals surface area contributed by atoms with Crippen LogP contribution in [-0.2, 0) is 20.9 Å². The highest BCUT2D eigenvalue weighted by Crippen LogP contribution is 2.36. The van der Waals surface area contributed by atoms with Crippen molar-refractivity contribution in [1.29, 1.82) is 0 Å². The Bertz CT molecular complexity index is 1060. The van der Waals surface area contributed by atoms with Gasteiger partial charge in [-0.2, -0.15) is 26.3 Å². The fourth-order valence-electron chi connectivity index (χ4n) is 4.09. The van der Waals surface area contributed by atoms with Crippen LogP contribution in [0.2, 0.25) is 0 Å². The van der Waals surface area contributed by atoms with Gasteiger partial charge in [0.05, 0.1) is 25.5 Å². The maximum atomic E-state index is 10.6. The Kier molecular flexibility index (Phi) is 11.5. The van der Waals surface area contributed by atoms with E-state index in [2.05, 4.69) is 22.0 Å². The van der Waals surface area contributed by atoms with Crippen LogP contribution in [0.4, 0.5) is 26.3 Å². The van der Waals surface area contributed by atoms with Gasteiger partial charge in [-0.1, -0.05) is 12.1 Å². The molecule has 2 unspecified atom stereocenters. The summed E-state index contributed by atoms with van der Waals surface area (Å²) in [6.07, 6.45) is -3.31. The number of carboxylic acids is 2. The second kappa shape index (κ2) is 14.2. The van der Waals surface area contributed by atoms with Crippen molar-refractivity contribution < 1.29 is 60.4 Å². The highest BCUT2D eigenvalue weighted by molar-refractivity contribution is 5.73. The van der Waals surface area contributed by atoms with Gasteiger partial charge in [-0.3, -0.25) is 9.88 Å². The van der Waals surface area contributed by atoms with E-state index in [9.17, 15) is 26.3 Å². The molecule has 40 heavy (non-hydrogen) atoms. The Labute approximate surface area is 225 Å². The molecular formula is C25H28F6N2O7. The van der Waals surface area contributed by atoms with Gasteiger partial charge in [0.15, 0.2) is 0 Å². The number of piperidine rings is 1. The number of carboxylic acid groups (broad SMARTS) is 2. The molecule has 1 aromatic heterocycles. The zero-order valence-electron chi connectivity index (χ0n) is 21.2. The van der Waals surface area contributed by atoms with E-state index in [4.69, 9.17) is 34.0 Å². The van der Waals surface area contributed by atoms with Gasteiger partial charge in [0.2, 0.25) is 0 Å². The molecule has 3 heterocycles. The average molecular weight is 582 g/mol. The Morgan fingerprint density at radius 3 is 2.15 bits per heavy atom. The maximum Gasteiger partial charge on any atom is 0.490 e. The highest BCUT2D eigenvalue weighted by atomic mass is 19.4. The summed E-state index contributed by atoms with van der Waals surface area (Å²) in [6, 6.07) is 12.2. The molecule has 0 amide bonds. The summed E-state index contributed by atoms with van der Waals surface area (Å²) in [5, 5.41) is 14.2. The van der Waals surface area contributed by atoms with Crippen LogP contribution >= 0.6 is 0 Å². The number of pyridine rings is 1. The van der Waals surface area contributed by atoms with E-state index < -0.39 is 24.3 Å². The van der Waals surface area contributed by atoms with E-state index in [0.29, 0.717) is 6.61 Å². The number of aliphatic carboxylic acids is 2. The molecule has 4 rings (SSSR count). The van der Waals surface area contributed by atoms with Gasteiger partial charge in [0.25, 0.3) is 0 Å². The minimum atomic E-state index is -5.08. The Balaban J connectivity index is 0.000000333. The van der Waals surface area contributed by atoms with Gasteiger partial charge >= 0.3 is 24.3 Å². The molecule has 1 aromatic carbocycles. The van der Waals surface area contributed by atoms with Crippen molar-refractivity contribution in [3.8, 4) is 11.5 Å². The van der Waals surface area contributed by atoms with E-state index in [1.54, 1.807) is 19.5 Å². The highest BCUT2D eigenvalue weighted by Gasteiger charge is 2.44. The topological polar surface area (TPSA) is 118 Å². The van der Waals surface area contributed by atoms with Crippen molar-refractivity contribution in [2.45, 2.75) is 49.9 Å². The molecule has 0 bridgehead atoms. The van der Waals surface area contributed by atoms with Gasteiger partial charge < -0.3 is 24.4 Å². The number of carbonyl (C=O) groups is 2. The van der Waals surface area contributed by atoms with Crippen molar-refractivity contribution in [3.05, 3.63) is 54.4 Å². The minimum Gasteiger partial charge on any atom is -0.497 e. The van der Waals surface area contributed by atoms with Crippen LogP contribution in [0.15, 0.2) is 48.8 Å². The number of halogens is 6. The Hall–Kier alpha value is -3.59. The van der Waals surface area contributed by atoms with E-state index >= 15 is 0 Å². The monoisotopic (exact) mass is 582 g/mol. The van der Waals surface area contributed by atoms with Crippen LogP contribution in [0.5, 0.6) is 11.5 Å². The van der Waals surface area contributed by atoms with Gasteiger partial charge in [-0.25, -0.2) is 9.59 Å². The molecule has 2 aliphatic heterocycles. The molecule has 2 N–H and O–H groups in total. The first-order valence-corrected chi connectivity index (χ1v) is 11.8. The third kappa shape index (κ3) is 10.9. The average Bonchev–Trinajstić information content (AvgIpc) is 3.25. The largest absolute Gasteiger partial charge is 0.497 e. The summed E-state index contributed by atoms with van der Waals surface area (Å²) < 4.78 is 81.0. The zero-order valence-corrected chi connectivity index (χ0v) is 21.2. The first-order valence-electron chi connectivity index (χ1n) is 11.8. The van der Waals surface area contributed by atoms with Crippen LogP contribution in [0.25, 0.3) is 0 Å². The van der Waals surface area contributed by atoms with Crippen LogP contribution in [-0.4, -0.2) is 82.9 Å². The van der Waals surface area contributed by atoms with Gasteiger partial charge in [0, 0.05) is 25.7 Å². The molecule has 15 heteroatoms. The maximum absolute atomic E-state index is 10.6. The minimum absolute atomic E-state index is 0.0718. The number of aromatic nitrogens is 1. The third-order valence-corrected chi connectivity index (χ3v) is 5.78. The van der Waals surface area contributed by atoms with Crippen LogP contribution in [0.1, 0.15) is 24.8 Å². The second-order valence-electron chi connectivity index (χ2n) is 8.89. The lowest BCUT2D eigenvalue weighted by atomic mass is 9.89. The van der Waals surface area contributed by atoms with E-state index in [-0.39, 0.29) is 11.7 Å². The summed E-state index contributed by atoms with van der Waals surface area (Å²) in [6.45, 7) is 3.69. The first kappa shape index (κ1) is 32.6. The molecule has 9 nitrogen and oxygen atoms in total.